The van der Waals surface area contributed by atoms with E-state index in [1.165, 1.54) is 6.26 Å². The first kappa shape index (κ1) is 10.5. The molecule has 0 spiro atoms. The van der Waals surface area contributed by atoms with E-state index in [0.717, 1.165) is 5.56 Å². The van der Waals surface area contributed by atoms with Gasteiger partial charge in [-0.1, -0.05) is 30.3 Å². The van der Waals surface area contributed by atoms with Crippen molar-refractivity contribution in [3.05, 3.63) is 48.4 Å². The fraction of sp³-hybridized carbons (Fsp3) is 0.250. The highest BCUT2D eigenvalue weighted by molar-refractivity contribution is 5.80. The van der Waals surface area contributed by atoms with Gasteiger partial charge in [-0.05, 0) is 12.5 Å². The molecule has 0 aliphatic carbocycles. The second-order valence-electron chi connectivity index (χ2n) is 3.79. The highest BCUT2D eigenvalue weighted by Crippen LogP contribution is 2.30. The van der Waals surface area contributed by atoms with Crippen LogP contribution in [-0.4, -0.2) is 22.7 Å². The summed E-state index contributed by atoms with van der Waals surface area (Å²) in [6, 6.07) is 9.14. The highest BCUT2D eigenvalue weighted by atomic mass is 16.5. The summed E-state index contributed by atoms with van der Waals surface area (Å²) in [5.41, 5.74) is -0.355. The maximum atomic E-state index is 11.5. The van der Waals surface area contributed by atoms with E-state index in [9.17, 15) is 9.90 Å². The van der Waals surface area contributed by atoms with E-state index >= 15 is 0 Å². The zero-order valence-corrected chi connectivity index (χ0v) is 8.96. The third-order valence-electron chi connectivity index (χ3n) is 2.88. The van der Waals surface area contributed by atoms with Gasteiger partial charge in [0.15, 0.2) is 12.3 Å². The number of hydrogen-bond acceptors (Lipinski definition) is 3. The van der Waals surface area contributed by atoms with Gasteiger partial charge in [0.1, 0.15) is 6.26 Å². The number of aliphatic carboxylic acids is 1. The molecule has 84 valence electrons. The van der Waals surface area contributed by atoms with Crippen LogP contribution in [0.4, 0.5) is 0 Å². The average Bonchev–Trinajstić information content (AvgIpc) is 2.82. The van der Waals surface area contributed by atoms with E-state index in [4.69, 9.17) is 4.74 Å². The number of benzene rings is 1. The average molecular weight is 219 g/mol. The van der Waals surface area contributed by atoms with Crippen LogP contribution < -0.4 is 0 Å². The molecular formula is C12H13NO3. The number of hydrogen-bond donors (Lipinski definition) is 1. The smallest absolute Gasteiger partial charge is 0.334 e. The van der Waals surface area contributed by atoms with E-state index < -0.39 is 11.5 Å². The van der Waals surface area contributed by atoms with Gasteiger partial charge in [-0.25, -0.2) is 4.79 Å². The fourth-order valence-corrected chi connectivity index (χ4v) is 1.74. The van der Waals surface area contributed by atoms with Gasteiger partial charge < -0.3 is 14.7 Å². The quantitative estimate of drug-likeness (QED) is 0.841. The van der Waals surface area contributed by atoms with Crippen LogP contribution in [0.15, 0.2) is 42.8 Å². The van der Waals surface area contributed by atoms with E-state index in [-0.39, 0.29) is 6.73 Å². The molecule has 1 aromatic carbocycles. The van der Waals surface area contributed by atoms with Gasteiger partial charge in [-0.2, -0.15) is 0 Å². The minimum atomic E-state index is -1.09. The maximum absolute atomic E-state index is 11.5. The molecular weight excluding hydrogens is 206 g/mol. The minimum Gasteiger partial charge on any atom is -0.479 e. The van der Waals surface area contributed by atoms with Gasteiger partial charge in [0.2, 0.25) is 0 Å². The second kappa shape index (κ2) is 3.89. The summed E-state index contributed by atoms with van der Waals surface area (Å²) in [5.74, 6) is -0.895. The van der Waals surface area contributed by atoms with E-state index in [0.29, 0.717) is 0 Å². The number of carbonyl (C=O) groups is 1. The molecule has 1 unspecified atom stereocenters. The van der Waals surface area contributed by atoms with Crippen LogP contribution in [0.25, 0.3) is 0 Å². The number of carboxylic acid groups (broad SMARTS) is 1. The van der Waals surface area contributed by atoms with Crippen LogP contribution in [0, 0.1) is 0 Å². The summed E-state index contributed by atoms with van der Waals surface area (Å²) in [6.07, 6.45) is 3.16. The maximum Gasteiger partial charge on any atom is 0.334 e. The third kappa shape index (κ3) is 1.52. The summed E-state index contributed by atoms with van der Waals surface area (Å²) in [7, 11) is 0. The molecule has 4 heteroatoms. The molecule has 0 saturated heterocycles. The predicted octanol–water partition coefficient (Wildman–Crippen LogP) is 1.75. The zero-order chi connectivity index (χ0) is 11.6. The first-order valence-corrected chi connectivity index (χ1v) is 4.99. The molecule has 0 radical (unpaired) electrons. The molecule has 2 rings (SSSR count). The summed E-state index contributed by atoms with van der Waals surface area (Å²) in [5, 5.41) is 9.42. The lowest BCUT2D eigenvalue weighted by molar-refractivity contribution is -0.150. The molecule has 16 heavy (non-hydrogen) atoms. The molecule has 0 amide bonds. The topological polar surface area (TPSA) is 49.8 Å². The lowest BCUT2D eigenvalue weighted by Gasteiger charge is -2.34. The normalized spacial score (nSPS) is 17.9. The lowest BCUT2D eigenvalue weighted by Crippen LogP contribution is -2.46. The Labute approximate surface area is 93.8 Å². The first-order valence-electron chi connectivity index (χ1n) is 4.99. The lowest BCUT2D eigenvalue weighted by atomic mass is 9.91. The van der Waals surface area contributed by atoms with Crippen molar-refractivity contribution in [1.82, 2.24) is 4.90 Å². The van der Waals surface area contributed by atoms with Crippen LogP contribution in [0.5, 0.6) is 0 Å². The fourth-order valence-electron chi connectivity index (χ4n) is 1.74. The third-order valence-corrected chi connectivity index (χ3v) is 2.88. The van der Waals surface area contributed by atoms with Crippen LogP contribution >= 0.6 is 0 Å². The van der Waals surface area contributed by atoms with E-state index in [1.54, 1.807) is 30.2 Å². The van der Waals surface area contributed by atoms with E-state index in [1.807, 2.05) is 18.2 Å². The van der Waals surface area contributed by atoms with Crippen LogP contribution in [0.3, 0.4) is 0 Å². The Bertz CT molecular complexity index is 416. The Morgan fingerprint density at radius 2 is 2.12 bits per heavy atom. The van der Waals surface area contributed by atoms with Crippen molar-refractivity contribution < 1.29 is 14.6 Å². The number of rotatable bonds is 3. The molecule has 0 bridgehead atoms. The predicted molar refractivity (Wildman–Crippen MR) is 58.4 cm³/mol. The van der Waals surface area contributed by atoms with Gasteiger partial charge in [0, 0.05) is 6.20 Å². The second-order valence-corrected chi connectivity index (χ2v) is 3.79. The zero-order valence-electron chi connectivity index (χ0n) is 8.96. The number of carboxylic acids is 1. The Morgan fingerprint density at radius 1 is 1.44 bits per heavy atom. The van der Waals surface area contributed by atoms with Crippen molar-refractivity contribution in [2.75, 3.05) is 6.73 Å². The van der Waals surface area contributed by atoms with Crippen molar-refractivity contribution >= 4 is 5.97 Å². The van der Waals surface area contributed by atoms with Crippen LogP contribution in [-0.2, 0) is 15.1 Å². The SMILES string of the molecule is CC(C(=O)O)(c1ccccc1)N1C=COC1. The van der Waals surface area contributed by atoms with Gasteiger partial charge in [0.25, 0.3) is 0 Å². The molecule has 1 aliphatic rings. The Kier molecular flexibility index (Phi) is 2.56. The summed E-state index contributed by atoms with van der Waals surface area (Å²) in [6.45, 7) is 1.93. The van der Waals surface area contributed by atoms with Crippen molar-refractivity contribution in [2.45, 2.75) is 12.5 Å². The van der Waals surface area contributed by atoms with Crippen molar-refractivity contribution in [1.29, 1.82) is 0 Å². The Balaban J connectivity index is 2.43. The Morgan fingerprint density at radius 3 is 2.62 bits per heavy atom. The van der Waals surface area contributed by atoms with Crippen molar-refractivity contribution in [2.24, 2.45) is 0 Å². The highest BCUT2D eigenvalue weighted by Gasteiger charge is 2.41. The summed E-state index contributed by atoms with van der Waals surface area (Å²) >= 11 is 0. The molecule has 4 nitrogen and oxygen atoms in total. The van der Waals surface area contributed by atoms with Gasteiger partial charge >= 0.3 is 5.97 Å². The molecule has 1 heterocycles. The van der Waals surface area contributed by atoms with Gasteiger partial charge in [-0.3, -0.25) is 0 Å². The number of ether oxygens (including phenoxy) is 1. The van der Waals surface area contributed by atoms with Crippen LogP contribution in [0.2, 0.25) is 0 Å². The minimum absolute atomic E-state index is 0.262. The molecule has 1 aliphatic heterocycles. The Hall–Kier alpha value is -1.97. The monoisotopic (exact) mass is 219 g/mol. The van der Waals surface area contributed by atoms with Crippen molar-refractivity contribution in [3.63, 3.8) is 0 Å². The summed E-state index contributed by atoms with van der Waals surface area (Å²) in [4.78, 5) is 13.1. The number of nitrogens with zero attached hydrogens (tertiary/aromatic N) is 1. The van der Waals surface area contributed by atoms with Crippen LogP contribution in [0.1, 0.15) is 12.5 Å². The molecule has 0 aromatic heterocycles. The molecule has 1 aromatic rings. The standard InChI is InChI=1S/C12H13NO3/c1-12(11(14)15,13-7-8-16-9-13)10-5-3-2-4-6-10/h2-8H,9H2,1H3,(H,14,15). The molecule has 0 fully saturated rings. The van der Waals surface area contributed by atoms with Crippen molar-refractivity contribution in [3.8, 4) is 0 Å². The molecule has 1 N–H and O–H groups in total. The summed E-state index contributed by atoms with van der Waals surface area (Å²) < 4.78 is 5.06. The molecule has 0 saturated carbocycles. The van der Waals surface area contributed by atoms with Gasteiger partial charge in [-0.15, -0.1) is 0 Å². The largest absolute Gasteiger partial charge is 0.479 e. The van der Waals surface area contributed by atoms with Gasteiger partial charge in [0.05, 0.1) is 0 Å². The first-order chi connectivity index (χ1) is 7.65. The van der Waals surface area contributed by atoms with E-state index in [2.05, 4.69) is 0 Å². The molecule has 1 atom stereocenters.